The molecule has 2 heterocycles. The fourth-order valence-electron chi connectivity index (χ4n) is 2.47. The third-order valence-electron chi connectivity index (χ3n) is 3.49. The first-order chi connectivity index (χ1) is 9.72. The predicted octanol–water partition coefficient (Wildman–Crippen LogP) is 4.75. The third kappa shape index (κ3) is 3.07. The highest BCUT2D eigenvalue weighted by Gasteiger charge is 2.16. The summed E-state index contributed by atoms with van der Waals surface area (Å²) in [6.45, 7) is 2.58. The van der Waals surface area contributed by atoms with Crippen LogP contribution in [0.5, 0.6) is 0 Å². The van der Waals surface area contributed by atoms with Crippen LogP contribution in [0.2, 0.25) is 4.34 Å². The molecule has 0 aliphatic carbocycles. The number of nitrogens with one attached hydrogen (secondary N) is 1. The molecular formula is C15H16ClFN2S. The summed E-state index contributed by atoms with van der Waals surface area (Å²) in [5.74, 6) is -0.152. The maximum atomic E-state index is 14.1. The van der Waals surface area contributed by atoms with Gasteiger partial charge in [0.2, 0.25) is 0 Å². The zero-order valence-electron chi connectivity index (χ0n) is 11.0. The van der Waals surface area contributed by atoms with E-state index >= 15 is 0 Å². The molecule has 0 saturated carbocycles. The van der Waals surface area contributed by atoms with Crippen LogP contribution >= 0.6 is 22.9 Å². The van der Waals surface area contributed by atoms with Crippen LogP contribution in [-0.4, -0.2) is 13.1 Å². The number of hydrogen-bond donors (Lipinski definition) is 1. The van der Waals surface area contributed by atoms with Gasteiger partial charge in [0.1, 0.15) is 5.82 Å². The van der Waals surface area contributed by atoms with Crippen molar-refractivity contribution in [3.05, 3.63) is 45.4 Å². The summed E-state index contributed by atoms with van der Waals surface area (Å²) >= 11 is 7.42. The highest BCUT2D eigenvalue weighted by atomic mass is 35.5. The first kappa shape index (κ1) is 13.7. The second kappa shape index (κ2) is 6.02. The molecule has 106 valence electrons. The Morgan fingerprint density at radius 1 is 1.20 bits per heavy atom. The highest BCUT2D eigenvalue weighted by Crippen LogP contribution is 2.27. The Balaban J connectivity index is 1.67. The van der Waals surface area contributed by atoms with E-state index in [2.05, 4.69) is 10.2 Å². The lowest BCUT2D eigenvalue weighted by Crippen LogP contribution is -2.18. The Hall–Kier alpha value is -1.26. The predicted molar refractivity (Wildman–Crippen MR) is 84.5 cm³/mol. The molecule has 1 aromatic heterocycles. The summed E-state index contributed by atoms with van der Waals surface area (Å²) < 4.78 is 14.9. The molecule has 0 radical (unpaired) electrons. The molecule has 1 saturated heterocycles. The molecular weight excluding hydrogens is 295 g/mol. The van der Waals surface area contributed by atoms with Gasteiger partial charge in [0.05, 0.1) is 10.0 Å². The minimum Gasteiger partial charge on any atom is -0.380 e. The fourth-order valence-corrected chi connectivity index (χ4v) is 3.49. The van der Waals surface area contributed by atoms with Gasteiger partial charge < -0.3 is 10.2 Å². The van der Waals surface area contributed by atoms with Gasteiger partial charge in [-0.2, -0.15) is 0 Å². The Labute approximate surface area is 127 Å². The summed E-state index contributed by atoms with van der Waals surface area (Å²) in [5, 5.41) is 3.23. The van der Waals surface area contributed by atoms with E-state index in [1.165, 1.54) is 11.3 Å². The first-order valence-electron chi connectivity index (χ1n) is 6.75. The van der Waals surface area contributed by atoms with Crippen molar-refractivity contribution < 1.29 is 4.39 Å². The van der Waals surface area contributed by atoms with Crippen LogP contribution in [0.1, 0.15) is 17.7 Å². The molecule has 1 N–H and O–H groups in total. The molecule has 5 heteroatoms. The number of thiophene rings is 1. The topological polar surface area (TPSA) is 15.3 Å². The molecule has 0 bridgehead atoms. The smallest absolute Gasteiger partial charge is 0.148 e. The second-order valence-electron chi connectivity index (χ2n) is 4.92. The van der Waals surface area contributed by atoms with Crippen LogP contribution in [0.3, 0.4) is 0 Å². The first-order valence-corrected chi connectivity index (χ1v) is 7.94. The summed E-state index contributed by atoms with van der Waals surface area (Å²) in [5.41, 5.74) is 1.52. The third-order valence-corrected chi connectivity index (χ3v) is 4.72. The summed E-state index contributed by atoms with van der Waals surface area (Å²) in [6.07, 6.45) is 2.30. The molecule has 0 amide bonds. The Morgan fingerprint density at radius 2 is 2.00 bits per heavy atom. The van der Waals surface area contributed by atoms with Crippen LogP contribution in [0.25, 0.3) is 0 Å². The molecule has 0 unspecified atom stereocenters. The zero-order chi connectivity index (χ0) is 13.9. The van der Waals surface area contributed by atoms with Gasteiger partial charge in [-0.05, 0) is 43.2 Å². The Morgan fingerprint density at radius 3 is 2.65 bits per heavy atom. The molecule has 1 aromatic carbocycles. The van der Waals surface area contributed by atoms with Crippen molar-refractivity contribution in [1.82, 2.24) is 0 Å². The fraction of sp³-hybridized carbons (Fsp3) is 0.333. The Bertz CT molecular complexity index is 593. The zero-order valence-corrected chi connectivity index (χ0v) is 12.6. The summed E-state index contributed by atoms with van der Waals surface area (Å²) in [7, 11) is 0. The van der Waals surface area contributed by atoms with Gasteiger partial charge >= 0.3 is 0 Å². The van der Waals surface area contributed by atoms with Crippen LogP contribution < -0.4 is 10.2 Å². The Kier molecular flexibility index (Phi) is 4.13. The van der Waals surface area contributed by atoms with E-state index in [1.54, 1.807) is 6.07 Å². The quantitative estimate of drug-likeness (QED) is 0.876. The number of nitrogens with zero attached hydrogens (tertiary/aromatic N) is 1. The number of anilines is 2. The van der Waals surface area contributed by atoms with Gasteiger partial charge in [-0.25, -0.2) is 4.39 Å². The normalized spacial score (nSPS) is 14.8. The van der Waals surface area contributed by atoms with Crippen molar-refractivity contribution in [2.24, 2.45) is 0 Å². The lowest BCUT2D eigenvalue weighted by Gasteiger charge is -2.19. The lowest BCUT2D eigenvalue weighted by molar-refractivity contribution is 0.623. The van der Waals surface area contributed by atoms with Gasteiger partial charge in [0.15, 0.2) is 0 Å². The molecule has 1 fully saturated rings. The number of rotatable bonds is 4. The molecule has 2 nitrogen and oxygen atoms in total. The lowest BCUT2D eigenvalue weighted by atomic mass is 10.2. The maximum absolute atomic E-state index is 14.1. The average molecular weight is 311 g/mol. The summed E-state index contributed by atoms with van der Waals surface area (Å²) in [6, 6.07) is 9.23. The van der Waals surface area contributed by atoms with Gasteiger partial charge in [0.25, 0.3) is 0 Å². The average Bonchev–Trinajstić information content (AvgIpc) is 3.08. The van der Waals surface area contributed by atoms with E-state index in [-0.39, 0.29) is 5.82 Å². The molecule has 20 heavy (non-hydrogen) atoms. The van der Waals surface area contributed by atoms with Gasteiger partial charge in [-0.3, -0.25) is 0 Å². The molecule has 1 aliphatic heterocycles. The van der Waals surface area contributed by atoms with Crippen molar-refractivity contribution >= 4 is 34.3 Å². The summed E-state index contributed by atoms with van der Waals surface area (Å²) in [4.78, 5) is 3.25. The minimum atomic E-state index is -0.152. The SMILES string of the molecule is Fc1cc(NCc2ccc(Cl)s2)ccc1N1CCCC1. The van der Waals surface area contributed by atoms with Crippen LogP contribution in [0, 0.1) is 5.82 Å². The van der Waals surface area contributed by atoms with Crippen molar-refractivity contribution in [3.63, 3.8) is 0 Å². The molecule has 0 atom stereocenters. The van der Waals surface area contributed by atoms with Gasteiger partial charge in [-0.1, -0.05) is 11.6 Å². The standard InChI is InChI=1S/C15H16ClFN2S/c16-15-6-4-12(20-15)10-18-11-3-5-14(13(17)9-11)19-7-1-2-8-19/h3-6,9,18H,1-2,7-8,10H2. The van der Waals surface area contributed by atoms with Crippen LogP contribution in [0.4, 0.5) is 15.8 Å². The van der Waals surface area contributed by atoms with Crippen molar-refractivity contribution in [2.45, 2.75) is 19.4 Å². The van der Waals surface area contributed by atoms with E-state index in [0.29, 0.717) is 12.2 Å². The van der Waals surface area contributed by atoms with E-state index in [1.807, 2.05) is 24.3 Å². The van der Waals surface area contributed by atoms with Gasteiger partial charge in [0, 0.05) is 30.2 Å². The van der Waals surface area contributed by atoms with E-state index in [4.69, 9.17) is 11.6 Å². The molecule has 3 rings (SSSR count). The maximum Gasteiger partial charge on any atom is 0.148 e. The van der Waals surface area contributed by atoms with Crippen molar-refractivity contribution in [3.8, 4) is 0 Å². The van der Waals surface area contributed by atoms with Crippen molar-refractivity contribution in [1.29, 1.82) is 0 Å². The van der Waals surface area contributed by atoms with Crippen LogP contribution in [0.15, 0.2) is 30.3 Å². The minimum absolute atomic E-state index is 0.152. The van der Waals surface area contributed by atoms with E-state index in [0.717, 1.165) is 40.8 Å². The van der Waals surface area contributed by atoms with Gasteiger partial charge in [-0.15, -0.1) is 11.3 Å². The molecule has 2 aromatic rings. The van der Waals surface area contributed by atoms with Crippen LogP contribution in [-0.2, 0) is 6.54 Å². The number of benzene rings is 1. The second-order valence-corrected chi connectivity index (χ2v) is 6.72. The number of hydrogen-bond acceptors (Lipinski definition) is 3. The molecule has 1 aliphatic rings. The highest BCUT2D eigenvalue weighted by molar-refractivity contribution is 7.16. The monoisotopic (exact) mass is 310 g/mol. The number of halogens is 2. The van der Waals surface area contributed by atoms with E-state index < -0.39 is 0 Å². The molecule has 0 spiro atoms. The van der Waals surface area contributed by atoms with Crippen molar-refractivity contribution in [2.75, 3.05) is 23.3 Å². The largest absolute Gasteiger partial charge is 0.380 e. The van der Waals surface area contributed by atoms with E-state index in [9.17, 15) is 4.39 Å².